The van der Waals surface area contributed by atoms with Crippen LogP contribution < -0.4 is 0 Å². The van der Waals surface area contributed by atoms with Gasteiger partial charge >= 0.3 is 39.6 Å². The Balaban J connectivity index is 0.000000284. The maximum atomic E-state index is 4.41. The molecule has 0 spiro atoms. The van der Waals surface area contributed by atoms with E-state index in [0.29, 0.717) is 18.0 Å². The number of piperidine rings is 1. The van der Waals surface area contributed by atoms with Crippen molar-refractivity contribution in [1.82, 2.24) is 0 Å². The number of hydrogen-bond donors (Lipinski definition) is 0. The van der Waals surface area contributed by atoms with Gasteiger partial charge in [0.05, 0.1) is 0 Å². The average molecular weight is 446 g/mol. The van der Waals surface area contributed by atoms with Crippen LogP contribution in [0.1, 0.15) is 40.5 Å². The van der Waals surface area contributed by atoms with Gasteiger partial charge in [0, 0.05) is 0 Å². The van der Waals surface area contributed by atoms with Crippen LogP contribution in [0.3, 0.4) is 0 Å². The van der Waals surface area contributed by atoms with Gasteiger partial charge in [0.25, 0.3) is 0 Å². The summed E-state index contributed by atoms with van der Waals surface area (Å²) in [5.74, 6) is 1.49. The molecule has 2 aliphatic heterocycles. The molecular weight excluding hydrogens is 420 g/mol. The van der Waals surface area contributed by atoms with Crippen molar-refractivity contribution in [2.75, 3.05) is 13.1 Å². The SMILES string of the molecule is CC1C=CC[N-]C1C.CC1CCC[N-]C1C.[Br][Cu][Br]. The van der Waals surface area contributed by atoms with E-state index in [1.54, 1.807) is 0 Å². The van der Waals surface area contributed by atoms with E-state index in [4.69, 9.17) is 0 Å². The van der Waals surface area contributed by atoms with Gasteiger partial charge < -0.3 is 10.6 Å². The van der Waals surface area contributed by atoms with Crippen LogP contribution in [0.5, 0.6) is 0 Å². The van der Waals surface area contributed by atoms with E-state index in [0.717, 1.165) is 19.0 Å². The second-order valence-corrected chi connectivity index (χ2v) is 9.95. The Kier molecular flexibility index (Phi) is 13.6. The zero-order chi connectivity index (χ0) is 14.7. The first-order chi connectivity index (χ1) is 9.02. The van der Waals surface area contributed by atoms with Gasteiger partial charge in [0.2, 0.25) is 0 Å². The second kappa shape index (κ2) is 12.8. The Hall–Kier alpha value is 1.14. The normalized spacial score (nSPS) is 33.8. The Bertz CT molecular complexity index is 229. The molecule has 2 aliphatic rings. The van der Waals surface area contributed by atoms with Gasteiger partial charge in [0.15, 0.2) is 0 Å². The molecule has 0 amide bonds. The van der Waals surface area contributed by atoms with Gasteiger partial charge in [0.1, 0.15) is 0 Å². The molecule has 0 aromatic heterocycles. The molecule has 0 saturated carbocycles. The number of hydrogen-bond acceptors (Lipinski definition) is 0. The van der Waals surface area contributed by atoms with Crippen LogP contribution in [-0.2, 0) is 11.3 Å². The van der Waals surface area contributed by atoms with Crippen LogP contribution in [0.2, 0.25) is 0 Å². The fourth-order valence-electron chi connectivity index (χ4n) is 1.96. The molecule has 0 aliphatic carbocycles. The molecule has 2 rings (SSSR count). The standard InChI is InChI=1S/C7H14N.C7H12N.2BrH.Cu/c2*1-6-4-3-5-8-7(6)2;;;/h6-7H,3-5H2,1-2H3;3-4,6-7H,5H2,1-2H3;2*1H;/q2*-1;;;+2/p-2. The molecule has 2 heterocycles. The number of halogens is 2. The molecule has 2 nitrogen and oxygen atoms in total. The maximum absolute atomic E-state index is 4.41. The third kappa shape index (κ3) is 10.5. The Morgan fingerprint density at radius 2 is 1.68 bits per heavy atom. The molecule has 0 bridgehead atoms. The first kappa shape index (κ1) is 20.1. The van der Waals surface area contributed by atoms with Crippen molar-refractivity contribution in [1.29, 1.82) is 0 Å². The molecule has 0 radical (unpaired) electrons. The Labute approximate surface area is 139 Å². The number of nitrogens with zero attached hydrogens (tertiary/aromatic N) is 2. The van der Waals surface area contributed by atoms with Crippen LogP contribution >= 0.6 is 28.2 Å². The van der Waals surface area contributed by atoms with Gasteiger partial charge in [-0.3, -0.25) is 0 Å². The summed E-state index contributed by atoms with van der Waals surface area (Å²) in [6, 6.07) is 1.17. The molecular formula is C14H26Br2CuN2-2. The Morgan fingerprint density at radius 1 is 1.05 bits per heavy atom. The topological polar surface area (TPSA) is 28.2 Å². The average Bonchev–Trinajstić information content (AvgIpc) is 2.38. The van der Waals surface area contributed by atoms with Crippen LogP contribution in [0, 0.1) is 11.8 Å². The van der Waals surface area contributed by atoms with E-state index < -0.39 is 0 Å². The third-order valence-electron chi connectivity index (χ3n) is 3.76. The van der Waals surface area contributed by atoms with Crippen molar-refractivity contribution in [3.63, 3.8) is 0 Å². The van der Waals surface area contributed by atoms with Gasteiger partial charge in [-0.1, -0.05) is 52.5 Å². The van der Waals surface area contributed by atoms with Crippen molar-refractivity contribution in [2.24, 2.45) is 11.8 Å². The molecule has 5 heteroatoms. The van der Waals surface area contributed by atoms with E-state index in [1.807, 2.05) is 0 Å². The predicted octanol–water partition coefficient (Wildman–Crippen LogP) is 5.82. The van der Waals surface area contributed by atoms with Gasteiger partial charge in [-0.05, 0) is 5.92 Å². The van der Waals surface area contributed by atoms with E-state index in [-0.39, 0.29) is 0 Å². The molecule has 1 fully saturated rings. The quantitative estimate of drug-likeness (QED) is 0.332. The first-order valence-electron chi connectivity index (χ1n) is 6.84. The van der Waals surface area contributed by atoms with E-state index >= 15 is 0 Å². The van der Waals surface area contributed by atoms with Crippen LogP contribution in [0.4, 0.5) is 0 Å². The minimum atomic E-state index is 0.542. The summed E-state index contributed by atoms with van der Waals surface area (Å²) in [6.07, 6.45) is 7.05. The summed E-state index contributed by atoms with van der Waals surface area (Å²) in [6.45, 7) is 10.9. The molecule has 119 valence electrons. The molecule has 4 unspecified atom stereocenters. The van der Waals surface area contributed by atoms with Crippen molar-refractivity contribution in [3.05, 3.63) is 22.8 Å². The first-order valence-corrected chi connectivity index (χ1v) is 11.5. The summed E-state index contributed by atoms with van der Waals surface area (Å²) in [5, 5.41) is 8.73. The van der Waals surface area contributed by atoms with Crippen LogP contribution in [0.15, 0.2) is 12.2 Å². The molecule has 4 atom stereocenters. The summed E-state index contributed by atoms with van der Waals surface area (Å²) < 4.78 is 0. The van der Waals surface area contributed by atoms with Crippen LogP contribution in [0.25, 0.3) is 10.6 Å². The van der Waals surface area contributed by atoms with Crippen molar-refractivity contribution in [3.8, 4) is 0 Å². The van der Waals surface area contributed by atoms with E-state index in [2.05, 4.69) is 78.7 Å². The molecule has 19 heavy (non-hydrogen) atoms. The molecule has 0 aromatic rings. The number of rotatable bonds is 0. The van der Waals surface area contributed by atoms with Crippen LogP contribution in [-0.4, -0.2) is 25.2 Å². The summed E-state index contributed by atoms with van der Waals surface area (Å²) >= 11 is 7.38. The predicted molar refractivity (Wildman–Crippen MR) is 89.9 cm³/mol. The molecule has 1 saturated heterocycles. The molecule has 0 N–H and O–H groups in total. The minimum absolute atomic E-state index is 0.542. The third-order valence-corrected chi connectivity index (χ3v) is 3.76. The summed E-state index contributed by atoms with van der Waals surface area (Å²) in [7, 11) is 0. The van der Waals surface area contributed by atoms with Crippen molar-refractivity contribution in [2.45, 2.75) is 52.6 Å². The van der Waals surface area contributed by atoms with Crippen molar-refractivity contribution >= 4 is 28.2 Å². The molecule has 0 aromatic carbocycles. The van der Waals surface area contributed by atoms with Gasteiger partial charge in [-0.25, -0.2) is 0 Å². The van der Waals surface area contributed by atoms with E-state index in [9.17, 15) is 0 Å². The monoisotopic (exact) mass is 443 g/mol. The van der Waals surface area contributed by atoms with Crippen molar-refractivity contribution < 1.29 is 11.3 Å². The fourth-order valence-corrected chi connectivity index (χ4v) is 1.96. The van der Waals surface area contributed by atoms with E-state index in [1.165, 1.54) is 24.2 Å². The zero-order valence-electron chi connectivity index (χ0n) is 12.2. The second-order valence-electron chi connectivity index (χ2n) is 5.20. The summed E-state index contributed by atoms with van der Waals surface area (Å²) in [4.78, 5) is 0. The van der Waals surface area contributed by atoms with Gasteiger partial charge in [-0.2, -0.15) is 0 Å². The Morgan fingerprint density at radius 3 is 2.00 bits per heavy atom. The summed E-state index contributed by atoms with van der Waals surface area (Å²) in [5.41, 5.74) is 0. The zero-order valence-corrected chi connectivity index (χ0v) is 16.4. The fraction of sp³-hybridized carbons (Fsp3) is 0.857. The van der Waals surface area contributed by atoms with Gasteiger partial charge in [-0.15, -0.1) is 31.2 Å².